The van der Waals surface area contributed by atoms with Crippen molar-refractivity contribution in [3.05, 3.63) is 11.3 Å². The SMILES string of the molecule is CC1=C(NC[C@@H]2CC3C#CCCC3N2O)CCCC1. The number of hydrogen-bond acceptors (Lipinski definition) is 3. The number of hydrogen-bond donors (Lipinski definition) is 2. The van der Waals surface area contributed by atoms with E-state index in [-0.39, 0.29) is 12.1 Å². The highest BCUT2D eigenvalue weighted by molar-refractivity contribution is 5.17. The lowest BCUT2D eigenvalue weighted by Gasteiger charge is -2.26. The highest BCUT2D eigenvalue weighted by Gasteiger charge is 2.40. The molecular formula is C16H24N2O. The lowest BCUT2D eigenvalue weighted by molar-refractivity contribution is -0.136. The average molecular weight is 260 g/mol. The van der Waals surface area contributed by atoms with Gasteiger partial charge in [-0.05, 0) is 45.4 Å². The fourth-order valence-electron chi connectivity index (χ4n) is 3.64. The zero-order chi connectivity index (χ0) is 13.2. The summed E-state index contributed by atoms with van der Waals surface area (Å²) in [5.41, 5.74) is 2.92. The summed E-state index contributed by atoms with van der Waals surface area (Å²) in [6.07, 6.45) is 7.99. The van der Waals surface area contributed by atoms with Gasteiger partial charge in [-0.3, -0.25) is 0 Å². The Bertz CT molecular complexity index is 432. The quantitative estimate of drug-likeness (QED) is 0.766. The average Bonchev–Trinajstić information content (AvgIpc) is 2.75. The van der Waals surface area contributed by atoms with E-state index in [4.69, 9.17) is 0 Å². The van der Waals surface area contributed by atoms with Crippen LogP contribution in [0.4, 0.5) is 0 Å². The maximum atomic E-state index is 10.3. The molecule has 2 N–H and O–H groups in total. The topological polar surface area (TPSA) is 35.5 Å². The molecule has 0 aromatic carbocycles. The first-order valence-corrected chi connectivity index (χ1v) is 7.64. The van der Waals surface area contributed by atoms with Gasteiger partial charge in [-0.15, -0.1) is 5.92 Å². The Hall–Kier alpha value is -0.980. The zero-order valence-electron chi connectivity index (χ0n) is 11.8. The van der Waals surface area contributed by atoms with Gasteiger partial charge in [0.25, 0.3) is 0 Å². The number of hydroxylamine groups is 2. The van der Waals surface area contributed by atoms with E-state index in [1.807, 2.05) is 0 Å². The summed E-state index contributed by atoms with van der Waals surface area (Å²) < 4.78 is 0. The molecular weight excluding hydrogens is 236 g/mol. The highest BCUT2D eigenvalue weighted by atomic mass is 16.5. The molecule has 0 aromatic rings. The standard InChI is InChI=1S/C16H24N2O/c1-12-6-2-4-8-15(12)17-11-14-10-13-7-3-5-9-16(13)18(14)19/h13-14,16-17,19H,2,4-6,8-11H2,1H3/t13?,14-,16?/m0/s1. The van der Waals surface area contributed by atoms with Crippen molar-refractivity contribution in [2.75, 3.05) is 6.54 Å². The normalized spacial score (nSPS) is 34.7. The Morgan fingerprint density at radius 3 is 3.00 bits per heavy atom. The van der Waals surface area contributed by atoms with E-state index in [2.05, 4.69) is 24.1 Å². The van der Waals surface area contributed by atoms with Gasteiger partial charge in [0.1, 0.15) is 0 Å². The molecule has 2 aliphatic carbocycles. The fraction of sp³-hybridized carbons (Fsp3) is 0.750. The van der Waals surface area contributed by atoms with Gasteiger partial charge in [-0.1, -0.05) is 11.5 Å². The second-order valence-electron chi connectivity index (χ2n) is 6.15. The van der Waals surface area contributed by atoms with Crippen LogP contribution in [-0.4, -0.2) is 28.9 Å². The molecule has 1 fully saturated rings. The molecule has 1 aliphatic heterocycles. The molecule has 1 heterocycles. The predicted octanol–water partition coefficient (Wildman–Crippen LogP) is 2.67. The molecule has 104 valence electrons. The molecule has 3 heteroatoms. The van der Waals surface area contributed by atoms with Crippen molar-refractivity contribution in [1.29, 1.82) is 0 Å². The second-order valence-corrected chi connectivity index (χ2v) is 6.15. The van der Waals surface area contributed by atoms with Crippen LogP contribution in [-0.2, 0) is 0 Å². The molecule has 0 spiro atoms. The van der Waals surface area contributed by atoms with E-state index in [0.717, 1.165) is 25.8 Å². The summed E-state index contributed by atoms with van der Waals surface area (Å²) in [7, 11) is 0. The van der Waals surface area contributed by atoms with Crippen LogP contribution in [0.25, 0.3) is 0 Å². The molecule has 19 heavy (non-hydrogen) atoms. The van der Waals surface area contributed by atoms with Crippen molar-refractivity contribution in [3.8, 4) is 11.8 Å². The van der Waals surface area contributed by atoms with E-state index >= 15 is 0 Å². The van der Waals surface area contributed by atoms with Gasteiger partial charge in [0.15, 0.2) is 0 Å². The van der Waals surface area contributed by atoms with Gasteiger partial charge in [0.2, 0.25) is 0 Å². The summed E-state index contributed by atoms with van der Waals surface area (Å²) in [6, 6.07) is 0.499. The van der Waals surface area contributed by atoms with Crippen LogP contribution in [0.5, 0.6) is 0 Å². The molecule has 0 aromatic heterocycles. The summed E-state index contributed by atoms with van der Waals surface area (Å²) in [5.74, 6) is 6.87. The number of fused-ring (bicyclic) bond motifs is 1. The monoisotopic (exact) mass is 260 g/mol. The third kappa shape index (κ3) is 2.66. The first kappa shape index (κ1) is 13.0. The predicted molar refractivity (Wildman–Crippen MR) is 75.5 cm³/mol. The maximum Gasteiger partial charge on any atom is 0.0538 e. The molecule has 3 aliphatic rings. The van der Waals surface area contributed by atoms with Crippen LogP contribution in [0.2, 0.25) is 0 Å². The summed E-state index contributed by atoms with van der Waals surface area (Å²) in [5, 5.41) is 15.5. The van der Waals surface area contributed by atoms with Gasteiger partial charge in [-0.25, -0.2) is 0 Å². The first-order valence-electron chi connectivity index (χ1n) is 7.64. The number of rotatable bonds is 3. The highest BCUT2D eigenvalue weighted by Crippen LogP contribution is 2.32. The van der Waals surface area contributed by atoms with E-state index in [1.165, 1.54) is 37.0 Å². The second kappa shape index (κ2) is 5.56. The molecule has 0 bridgehead atoms. The third-order valence-electron chi connectivity index (χ3n) is 4.85. The van der Waals surface area contributed by atoms with Crippen molar-refractivity contribution in [3.63, 3.8) is 0 Å². The lowest BCUT2D eigenvalue weighted by atomic mass is 9.92. The van der Waals surface area contributed by atoms with Crippen molar-refractivity contribution < 1.29 is 5.21 Å². The van der Waals surface area contributed by atoms with Crippen LogP contribution < -0.4 is 5.32 Å². The van der Waals surface area contributed by atoms with Gasteiger partial charge < -0.3 is 10.5 Å². The first-order chi connectivity index (χ1) is 9.25. The van der Waals surface area contributed by atoms with Gasteiger partial charge >= 0.3 is 0 Å². The smallest absolute Gasteiger partial charge is 0.0538 e. The summed E-state index contributed by atoms with van der Waals surface area (Å²) in [6.45, 7) is 3.09. The number of nitrogens with one attached hydrogen (secondary N) is 1. The molecule has 3 rings (SSSR count). The third-order valence-corrected chi connectivity index (χ3v) is 4.85. The van der Waals surface area contributed by atoms with Crippen LogP contribution >= 0.6 is 0 Å². The van der Waals surface area contributed by atoms with Crippen LogP contribution in [0, 0.1) is 17.8 Å². The van der Waals surface area contributed by atoms with Crippen molar-refractivity contribution in [2.45, 2.75) is 64.0 Å². The van der Waals surface area contributed by atoms with Crippen LogP contribution in [0.15, 0.2) is 11.3 Å². The Labute approximate surface area is 116 Å². The van der Waals surface area contributed by atoms with Crippen molar-refractivity contribution in [1.82, 2.24) is 10.4 Å². The Morgan fingerprint density at radius 2 is 2.21 bits per heavy atom. The van der Waals surface area contributed by atoms with Gasteiger partial charge in [-0.2, -0.15) is 5.06 Å². The summed E-state index contributed by atoms with van der Waals surface area (Å²) in [4.78, 5) is 0. The minimum Gasteiger partial charge on any atom is -0.387 e. The zero-order valence-corrected chi connectivity index (χ0v) is 11.8. The maximum absolute atomic E-state index is 10.3. The Morgan fingerprint density at radius 1 is 1.37 bits per heavy atom. The number of allylic oxidation sites excluding steroid dienone is 2. The van der Waals surface area contributed by atoms with E-state index in [9.17, 15) is 5.21 Å². The Kier molecular flexibility index (Phi) is 3.81. The van der Waals surface area contributed by atoms with Gasteiger partial charge in [0, 0.05) is 24.6 Å². The van der Waals surface area contributed by atoms with Gasteiger partial charge in [0.05, 0.1) is 12.1 Å². The molecule has 1 saturated heterocycles. The minimum atomic E-state index is 0.227. The molecule has 0 saturated carbocycles. The molecule has 0 amide bonds. The van der Waals surface area contributed by atoms with Crippen molar-refractivity contribution >= 4 is 0 Å². The minimum absolute atomic E-state index is 0.227. The van der Waals surface area contributed by atoms with E-state index < -0.39 is 0 Å². The fourth-order valence-corrected chi connectivity index (χ4v) is 3.64. The van der Waals surface area contributed by atoms with Crippen LogP contribution in [0.3, 0.4) is 0 Å². The van der Waals surface area contributed by atoms with E-state index in [1.54, 1.807) is 5.06 Å². The molecule has 0 radical (unpaired) electrons. The van der Waals surface area contributed by atoms with E-state index in [0.29, 0.717) is 5.92 Å². The lowest BCUT2D eigenvalue weighted by Crippen LogP contribution is -2.40. The summed E-state index contributed by atoms with van der Waals surface area (Å²) >= 11 is 0. The molecule has 3 atom stereocenters. The number of nitrogens with zero attached hydrogens (tertiary/aromatic N) is 1. The molecule has 3 nitrogen and oxygen atoms in total. The Balaban J connectivity index is 1.58. The van der Waals surface area contributed by atoms with Crippen LogP contribution in [0.1, 0.15) is 51.9 Å². The van der Waals surface area contributed by atoms with Crippen molar-refractivity contribution in [2.24, 2.45) is 5.92 Å². The largest absolute Gasteiger partial charge is 0.387 e. The molecule has 2 unspecified atom stereocenters.